The summed E-state index contributed by atoms with van der Waals surface area (Å²) in [6.07, 6.45) is 5.29. The summed E-state index contributed by atoms with van der Waals surface area (Å²) in [6, 6.07) is 13.9. The number of furan rings is 1. The highest BCUT2D eigenvalue weighted by Gasteiger charge is 2.28. The van der Waals surface area contributed by atoms with E-state index in [0.717, 1.165) is 48.1 Å². The van der Waals surface area contributed by atoms with Crippen molar-refractivity contribution >= 4 is 22.5 Å². The number of likely N-dealkylation sites (tertiary alicyclic amines) is 1. The van der Waals surface area contributed by atoms with Crippen molar-refractivity contribution < 1.29 is 13.9 Å². The summed E-state index contributed by atoms with van der Waals surface area (Å²) >= 11 is 0. The third-order valence-electron chi connectivity index (χ3n) is 6.00. The lowest BCUT2D eigenvalue weighted by Gasteiger charge is -2.25. The van der Waals surface area contributed by atoms with Crippen molar-refractivity contribution in [3.05, 3.63) is 48.7 Å². The maximum absolute atomic E-state index is 12.5. The second-order valence-electron chi connectivity index (χ2n) is 8.85. The summed E-state index contributed by atoms with van der Waals surface area (Å²) in [7, 11) is 0. The molecule has 4 aromatic rings. The zero-order chi connectivity index (χ0) is 22.1. The van der Waals surface area contributed by atoms with Crippen molar-refractivity contribution in [1.29, 1.82) is 0 Å². The predicted molar refractivity (Wildman–Crippen MR) is 122 cm³/mol. The van der Waals surface area contributed by atoms with Gasteiger partial charge in [0.1, 0.15) is 11.3 Å². The van der Waals surface area contributed by atoms with Crippen molar-refractivity contribution in [3.63, 3.8) is 0 Å². The molecule has 1 aliphatic rings. The zero-order valence-corrected chi connectivity index (χ0v) is 18.5. The highest BCUT2D eigenvalue weighted by molar-refractivity contribution is 5.82. The smallest absolute Gasteiger partial charge is 0.231 e. The van der Waals surface area contributed by atoms with Crippen LogP contribution >= 0.6 is 0 Å². The van der Waals surface area contributed by atoms with Crippen LogP contribution < -0.4 is 4.74 Å². The molecule has 1 aliphatic heterocycles. The molecule has 0 bridgehead atoms. The predicted octanol–water partition coefficient (Wildman–Crippen LogP) is 4.95. The highest BCUT2D eigenvalue weighted by Crippen LogP contribution is 2.28. The Hall–Kier alpha value is -3.35. The van der Waals surface area contributed by atoms with Crippen LogP contribution in [0.5, 0.6) is 5.88 Å². The van der Waals surface area contributed by atoms with Gasteiger partial charge in [-0.3, -0.25) is 4.79 Å². The lowest BCUT2D eigenvalue weighted by atomic mass is 10.1. The second kappa shape index (κ2) is 8.65. The molecular formula is C25H28N4O3. The van der Waals surface area contributed by atoms with Gasteiger partial charge in [-0.2, -0.15) is 0 Å². The van der Waals surface area contributed by atoms with E-state index in [1.165, 1.54) is 0 Å². The highest BCUT2D eigenvalue weighted by atomic mass is 16.5. The average Bonchev–Trinajstić information content (AvgIpc) is 3.50. The second-order valence-corrected chi connectivity index (χ2v) is 8.85. The first-order chi connectivity index (χ1) is 15.6. The van der Waals surface area contributed by atoms with Crippen molar-refractivity contribution in [1.82, 2.24) is 19.5 Å². The molecular weight excluding hydrogens is 404 g/mol. The van der Waals surface area contributed by atoms with Crippen LogP contribution in [0.4, 0.5) is 0 Å². The van der Waals surface area contributed by atoms with Crippen molar-refractivity contribution in [3.8, 4) is 17.3 Å². The Kier molecular flexibility index (Phi) is 5.55. The van der Waals surface area contributed by atoms with Crippen LogP contribution in [-0.2, 0) is 4.79 Å². The molecule has 1 aromatic carbocycles. The van der Waals surface area contributed by atoms with E-state index in [1.807, 2.05) is 47.4 Å². The summed E-state index contributed by atoms with van der Waals surface area (Å²) in [6.45, 7) is 5.55. The van der Waals surface area contributed by atoms with Gasteiger partial charge in [0.05, 0.1) is 12.8 Å². The molecule has 1 fully saturated rings. The first kappa shape index (κ1) is 20.5. The number of imidazole rings is 1. The van der Waals surface area contributed by atoms with Gasteiger partial charge in [-0.1, -0.05) is 32.0 Å². The fourth-order valence-corrected chi connectivity index (χ4v) is 4.44. The summed E-state index contributed by atoms with van der Waals surface area (Å²) in [4.78, 5) is 19.0. The summed E-state index contributed by atoms with van der Waals surface area (Å²) < 4.78 is 13.7. The van der Waals surface area contributed by atoms with Crippen LogP contribution in [-0.4, -0.2) is 44.6 Å². The molecule has 5 rings (SSSR count). The number of para-hydroxylation sites is 1. The quantitative estimate of drug-likeness (QED) is 0.413. The Labute approximate surface area is 187 Å². The van der Waals surface area contributed by atoms with E-state index >= 15 is 0 Å². The molecule has 0 aliphatic carbocycles. The van der Waals surface area contributed by atoms with E-state index in [4.69, 9.17) is 9.15 Å². The number of rotatable bonds is 7. The van der Waals surface area contributed by atoms with Gasteiger partial charge in [-0.25, -0.2) is 9.50 Å². The largest absolute Gasteiger partial charge is 0.477 e. The zero-order valence-electron chi connectivity index (χ0n) is 18.5. The van der Waals surface area contributed by atoms with E-state index in [-0.39, 0.29) is 11.9 Å². The number of benzene rings is 1. The van der Waals surface area contributed by atoms with Gasteiger partial charge in [-0.15, -0.1) is 5.10 Å². The molecule has 0 unspecified atom stereocenters. The fourth-order valence-electron chi connectivity index (χ4n) is 4.44. The molecule has 1 atom stereocenters. The minimum atomic E-state index is 0.254. The van der Waals surface area contributed by atoms with Crippen LogP contribution in [0.1, 0.15) is 39.5 Å². The lowest BCUT2D eigenvalue weighted by Crippen LogP contribution is -2.37. The van der Waals surface area contributed by atoms with E-state index in [0.29, 0.717) is 30.6 Å². The Morgan fingerprint density at radius 2 is 2.12 bits per heavy atom. The summed E-state index contributed by atoms with van der Waals surface area (Å²) in [5, 5.41) is 5.67. The molecule has 0 saturated carbocycles. The molecule has 32 heavy (non-hydrogen) atoms. The average molecular weight is 433 g/mol. The number of ether oxygens (including phenoxy) is 1. The topological polar surface area (TPSA) is 72.9 Å². The maximum atomic E-state index is 12.5. The van der Waals surface area contributed by atoms with Crippen molar-refractivity contribution in [2.45, 2.75) is 45.6 Å². The molecule has 1 amide bonds. The Morgan fingerprint density at radius 3 is 2.97 bits per heavy atom. The Bertz CT molecular complexity index is 1210. The number of nitrogens with zero attached hydrogens (tertiary/aromatic N) is 4. The van der Waals surface area contributed by atoms with Crippen LogP contribution in [0, 0.1) is 5.92 Å². The van der Waals surface area contributed by atoms with E-state index in [1.54, 1.807) is 10.7 Å². The minimum Gasteiger partial charge on any atom is -0.477 e. The van der Waals surface area contributed by atoms with E-state index in [9.17, 15) is 4.79 Å². The molecule has 0 spiro atoms. The molecule has 166 valence electrons. The first-order valence-electron chi connectivity index (χ1n) is 11.3. The van der Waals surface area contributed by atoms with Gasteiger partial charge in [0.15, 0.2) is 11.4 Å². The van der Waals surface area contributed by atoms with Gasteiger partial charge in [-0.05, 0) is 37.0 Å². The lowest BCUT2D eigenvalue weighted by molar-refractivity contribution is -0.132. The van der Waals surface area contributed by atoms with Crippen molar-refractivity contribution in [2.75, 3.05) is 13.2 Å². The number of carbonyl (C=O) groups is 1. The normalized spacial score (nSPS) is 16.5. The van der Waals surface area contributed by atoms with Gasteiger partial charge in [0, 0.05) is 36.9 Å². The molecule has 3 aromatic heterocycles. The summed E-state index contributed by atoms with van der Waals surface area (Å²) in [5.74, 6) is 1.89. The number of carbonyl (C=O) groups excluding carboxylic acids is 1. The number of hydrogen-bond donors (Lipinski definition) is 0. The van der Waals surface area contributed by atoms with Gasteiger partial charge >= 0.3 is 0 Å². The Morgan fingerprint density at radius 1 is 1.25 bits per heavy atom. The fraction of sp³-hybridized carbons (Fsp3) is 0.400. The Balaban J connectivity index is 1.28. The molecule has 4 heterocycles. The molecule has 7 heteroatoms. The third kappa shape index (κ3) is 4.07. The van der Waals surface area contributed by atoms with Gasteiger partial charge in [0.25, 0.3) is 0 Å². The number of hydrogen-bond acceptors (Lipinski definition) is 5. The molecule has 7 nitrogen and oxygen atoms in total. The number of amides is 1. The van der Waals surface area contributed by atoms with Crippen LogP contribution in [0.3, 0.4) is 0 Å². The number of aromatic nitrogens is 3. The first-order valence-corrected chi connectivity index (χ1v) is 11.3. The molecule has 1 saturated heterocycles. The van der Waals surface area contributed by atoms with E-state index < -0.39 is 0 Å². The van der Waals surface area contributed by atoms with Crippen LogP contribution in [0.2, 0.25) is 0 Å². The SMILES string of the molecule is CC(C)CC(=O)N1CCC[C@H]1CCOc1ccc2ncc(-c3cc4ccccc4o3)n2n1. The number of fused-ring (bicyclic) bond motifs is 2. The van der Waals surface area contributed by atoms with E-state index in [2.05, 4.69) is 23.9 Å². The van der Waals surface area contributed by atoms with Crippen molar-refractivity contribution in [2.24, 2.45) is 5.92 Å². The van der Waals surface area contributed by atoms with Crippen LogP contribution in [0.15, 0.2) is 53.1 Å². The monoisotopic (exact) mass is 432 g/mol. The standard InChI is InChI=1S/C25H28N4O3/c1-17(2)14-25(30)28-12-5-7-19(28)11-13-31-24-10-9-23-26-16-20(29(23)27-24)22-15-18-6-3-4-8-21(18)32-22/h3-4,6,8-10,15-17,19H,5,7,11-14H2,1-2H3/t19-/m0/s1. The molecule has 0 radical (unpaired) electrons. The van der Waals surface area contributed by atoms with Crippen LogP contribution in [0.25, 0.3) is 28.1 Å². The minimum absolute atomic E-state index is 0.254. The van der Waals surface area contributed by atoms with Gasteiger partial charge in [0.2, 0.25) is 11.8 Å². The summed E-state index contributed by atoms with van der Waals surface area (Å²) in [5.41, 5.74) is 2.34. The third-order valence-corrected chi connectivity index (χ3v) is 6.00. The maximum Gasteiger partial charge on any atom is 0.231 e. The molecule has 0 N–H and O–H groups in total. The van der Waals surface area contributed by atoms with Gasteiger partial charge < -0.3 is 14.1 Å².